The van der Waals surface area contributed by atoms with Gasteiger partial charge < -0.3 is 10.2 Å². The molecule has 2 rings (SSSR count). The summed E-state index contributed by atoms with van der Waals surface area (Å²) in [5.74, 6) is 1.02. The Bertz CT molecular complexity index is 595. The summed E-state index contributed by atoms with van der Waals surface area (Å²) in [5.41, 5.74) is 4.44. The third kappa shape index (κ3) is 4.26. The van der Waals surface area contributed by atoms with Crippen molar-refractivity contribution < 1.29 is 0 Å². The van der Waals surface area contributed by atoms with Crippen LogP contribution in [-0.2, 0) is 13.1 Å². The van der Waals surface area contributed by atoms with Crippen molar-refractivity contribution in [1.29, 1.82) is 0 Å². The summed E-state index contributed by atoms with van der Waals surface area (Å²) in [6.07, 6.45) is 0. The van der Waals surface area contributed by atoms with Gasteiger partial charge in [0.15, 0.2) is 0 Å². The molecule has 0 radical (unpaired) electrons. The highest BCUT2D eigenvalue weighted by atomic mass is 15.2. The van der Waals surface area contributed by atoms with E-state index in [0.29, 0.717) is 0 Å². The molecule has 0 bridgehead atoms. The fourth-order valence-electron chi connectivity index (χ4n) is 2.43. The fraction of sp³-hybridized carbons (Fsp3) is 0.412. The standard InChI is InChI=1S/C17H24N4/c1-5-21(12-16-8-6-7-13(2)19-16)17-10-15(11-18-4)9-14(3)20-17/h6-10,18H,5,11-12H2,1-4H3. The largest absolute Gasteiger partial charge is 0.351 e. The maximum absolute atomic E-state index is 4.68. The summed E-state index contributed by atoms with van der Waals surface area (Å²) in [5, 5.41) is 3.19. The summed E-state index contributed by atoms with van der Waals surface area (Å²) in [6.45, 7) is 8.77. The number of rotatable bonds is 6. The van der Waals surface area contributed by atoms with Gasteiger partial charge in [0, 0.05) is 24.5 Å². The first-order valence-electron chi connectivity index (χ1n) is 7.42. The Balaban J connectivity index is 2.24. The van der Waals surface area contributed by atoms with E-state index < -0.39 is 0 Å². The van der Waals surface area contributed by atoms with E-state index in [-0.39, 0.29) is 0 Å². The van der Waals surface area contributed by atoms with Crippen LogP contribution in [0.1, 0.15) is 29.6 Å². The molecule has 0 fully saturated rings. The van der Waals surface area contributed by atoms with Crippen molar-refractivity contribution in [3.8, 4) is 0 Å². The Hall–Kier alpha value is -1.94. The lowest BCUT2D eigenvalue weighted by atomic mass is 10.2. The number of hydrogen-bond donors (Lipinski definition) is 1. The summed E-state index contributed by atoms with van der Waals surface area (Å²) in [7, 11) is 1.96. The van der Waals surface area contributed by atoms with Crippen LogP contribution in [-0.4, -0.2) is 23.6 Å². The predicted octanol–water partition coefficient (Wildman–Crippen LogP) is 2.84. The van der Waals surface area contributed by atoms with E-state index in [2.05, 4.69) is 51.4 Å². The molecule has 112 valence electrons. The van der Waals surface area contributed by atoms with Crippen LogP contribution in [0.4, 0.5) is 5.82 Å². The molecular weight excluding hydrogens is 260 g/mol. The van der Waals surface area contributed by atoms with Gasteiger partial charge in [-0.25, -0.2) is 4.98 Å². The first-order valence-corrected chi connectivity index (χ1v) is 7.42. The first-order chi connectivity index (χ1) is 10.1. The number of aryl methyl sites for hydroxylation is 2. The molecule has 0 saturated carbocycles. The Morgan fingerprint density at radius 2 is 1.90 bits per heavy atom. The van der Waals surface area contributed by atoms with Crippen LogP contribution in [0.3, 0.4) is 0 Å². The van der Waals surface area contributed by atoms with Gasteiger partial charge in [0.2, 0.25) is 0 Å². The first kappa shape index (κ1) is 15.4. The molecule has 0 aliphatic carbocycles. The minimum Gasteiger partial charge on any atom is -0.351 e. The highest BCUT2D eigenvalue weighted by Gasteiger charge is 2.09. The van der Waals surface area contributed by atoms with Crippen molar-refractivity contribution in [3.05, 3.63) is 53.0 Å². The second-order valence-corrected chi connectivity index (χ2v) is 5.29. The minimum absolute atomic E-state index is 0.785. The minimum atomic E-state index is 0.785. The summed E-state index contributed by atoms with van der Waals surface area (Å²) in [4.78, 5) is 11.5. The molecule has 0 amide bonds. The molecule has 4 heteroatoms. The van der Waals surface area contributed by atoms with Crippen molar-refractivity contribution in [2.75, 3.05) is 18.5 Å². The fourth-order valence-corrected chi connectivity index (χ4v) is 2.43. The zero-order chi connectivity index (χ0) is 15.2. The Morgan fingerprint density at radius 1 is 1.10 bits per heavy atom. The summed E-state index contributed by atoms with van der Waals surface area (Å²) in [6, 6.07) is 10.4. The zero-order valence-corrected chi connectivity index (χ0v) is 13.3. The third-order valence-electron chi connectivity index (χ3n) is 3.39. The molecule has 0 spiro atoms. The van der Waals surface area contributed by atoms with E-state index in [1.807, 2.05) is 27.0 Å². The third-order valence-corrected chi connectivity index (χ3v) is 3.39. The van der Waals surface area contributed by atoms with Gasteiger partial charge in [0.05, 0.1) is 12.2 Å². The smallest absolute Gasteiger partial charge is 0.129 e. The van der Waals surface area contributed by atoms with E-state index in [0.717, 1.165) is 42.5 Å². The Kier molecular flexibility index (Phi) is 5.28. The van der Waals surface area contributed by atoms with Crippen LogP contribution >= 0.6 is 0 Å². The second kappa shape index (κ2) is 7.18. The molecule has 0 aliphatic heterocycles. The van der Waals surface area contributed by atoms with Crippen LogP contribution in [0.5, 0.6) is 0 Å². The molecule has 4 nitrogen and oxygen atoms in total. The lowest BCUT2D eigenvalue weighted by Gasteiger charge is -2.23. The van der Waals surface area contributed by atoms with Gasteiger partial charge in [-0.1, -0.05) is 6.07 Å². The van der Waals surface area contributed by atoms with Gasteiger partial charge in [-0.05, 0) is 57.6 Å². The zero-order valence-electron chi connectivity index (χ0n) is 13.3. The van der Waals surface area contributed by atoms with E-state index in [1.54, 1.807) is 0 Å². The number of hydrogen-bond acceptors (Lipinski definition) is 4. The van der Waals surface area contributed by atoms with Gasteiger partial charge in [-0.3, -0.25) is 4.98 Å². The summed E-state index contributed by atoms with van der Waals surface area (Å²) >= 11 is 0. The van der Waals surface area contributed by atoms with E-state index >= 15 is 0 Å². The van der Waals surface area contributed by atoms with E-state index in [1.165, 1.54) is 5.56 Å². The topological polar surface area (TPSA) is 41.1 Å². The number of pyridine rings is 2. The van der Waals surface area contributed by atoms with Crippen molar-refractivity contribution in [1.82, 2.24) is 15.3 Å². The average Bonchev–Trinajstić information content (AvgIpc) is 2.44. The SMILES string of the molecule is CCN(Cc1cccc(C)n1)c1cc(CNC)cc(C)n1. The lowest BCUT2D eigenvalue weighted by Crippen LogP contribution is -2.24. The number of anilines is 1. The summed E-state index contributed by atoms with van der Waals surface area (Å²) < 4.78 is 0. The van der Waals surface area contributed by atoms with Crippen LogP contribution < -0.4 is 10.2 Å². The van der Waals surface area contributed by atoms with Gasteiger partial charge >= 0.3 is 0 Å². The highest BCUT2D eigenvalue weighted by Crippen LogP contribution is 2.17. The molecule has 1 N–H and O–H groups in total. The van der Waals surface area contributed by atoms with Crippen molar-refractivity contribution in [3.63, 3.8) is 0 Å². The Labute approximate surface area is 127 Å². The van der Waals surface area contributed by atoms with Crippen LogP contribution in [0.25, 0.3) is 0 Å². The molecule has 0 aliphatic rings. The Morgan fingerprint density at radius 3 is 2.57 bits per heavy atom. The average molecular weight is 284 g/mol. The van der Waals surface area contributed by atoms with E-state index in [9.17, 15) is 0 Å². The van der Waals surface area contributed by atoms with Gasteiger partial charge in [-0.15, -0.1) is 0 Å². The molecule has 2 aromatic heterocycles. The normalized spacial score (nSPS) is 10.7. The van der Waals surface area contributed by atoms with E-state index in [4.69, 9.17) is 0 Å². The molecule has 0 atom stereocenters. The monoisotopic (exact) mass is 284 g/mol. The van der Waals surface area contributed by atoms with Gasteiger partial charge in [-0.2, -0.15) is 0 Å². The van der Waals surface area contributed by atoms with Crippen LogP contribution in [0.2, 0.25) is 0 Å². The predicted molar refractivity (Wildman–Crippen MR) is 87.4 cm³/mol. The highest BCUT2D eigenvalue weighted by molar-refractivity contribution is 5.43. The molecule has 0 unspecified atom stereocenters. The molecule has 0 aromatic carbocycles. The number of aromatic nitrogens is 2. The maximum atomic E-state index is 4.68. The van der Waals surface area contributed by atoms with Crippen LogP contribution in [0, 0.1) is 13.8 Å². The van der Waals surface area contributed by atoms with Gasteiger partial charge in [0.1, 0.15) is 5.82 Å². The van der Waals surface area contributed by atoms with Crippen molar-refractivity contribution >= 4 is 5.82 Å². The lowest BCUT2D eigenvalue weighted by molar-refractivity contribution is 0.777. The quantitative estimate of drug-likeness (QED) is 0.885. The molecule has 2 aromatic rings. The maximum Gasteiger partial charge on any atom is 0.129 e. The van der Waals surface area contributed by atoms with Gasteiger partial charge in [0.25, 0.3) is 0 Å². The molecular formula is C17H24N4. The number of nitrogens with zero attached hydrogens (tertiary/aromatic N) is 3. The molecule has 2 heterocycles. The van der Waals surface area contributed by atoms with Crippen molar-refractivity contribution in [2.45, 2.75) is 33.9 Å². The number of nitrogens with one attached hydrogen (secondary N) is 1. The van der Waals surface area contributed by atoms with Crippen molar-refractivity contribution in [2.24, 2.45) is 0 Å². The second-order valence-electron chi connectivity index (χ2n) is 5.29. The molecule has 21 heavy (non-hydrogen) atoms. The molecule has 0 saturated heterocycles. The van der Waals surface area contributed by atoms with Crippen LogP contribution in [0.15, 0.2) is 30.3 Å².